The Morgan fingerprint density at radius 3 is 2.12 bits per heavy atom. The normalized spacial score (nSPS) is 45.0. The number of fused-ring (bicyclic) bond motifs is 2. The summed E-state index contributed by atoms with van der Waals surface area (Å²) >= 11 is 0. The van der Waals surface area contributed by atoms with Gasteiger partial charge in [-0.05, 0) is 81.5 Å². The van der Waals surface area contributed by atoms with Crippen LogP contribution in [0.3, 0.4) is 0 Å². The van der Waals surface area contributed by atoms with Crippen molar-refractivity contribution in [3.05, 3.63) is 12.0 Å². The van der Waals surface area contributed by atoms with Crippen LogP contribution in [0.5, 0.6) is 0 Å². The fourth-order valence-corrected chi connectivity index (χ4v) is 8.54. The van der Waals surface area contributed by atoms with Crippen molar-refractivity contribution in [3.8, 4) is 0 Å². The van der Waals surface area contributed by atoms with Crippen molar-refractivity contribution >= 4 is 16.1 Å². The largest absolute Gasteiger partial charge is 0.449 e. The summed E-state index contributed by atoms with van der Waals surface area (Å²) in [5.74, 6) is -0.485. The molecule has 6 nitrogen and oxygen atoms in total. The minimum Gasteiger partial charge on any atom is -0.449 e. The minimum atomic E-state index is -4.66. The smallest absolute Gasteiger partial charge is 0.428 e. The molecule has 6 rings (SSSR count). The van der Waals surface area contributed by atoms with E-state index in [1.807, 2.05) is 6.92 Å². The fraction of sp³-hybridized carbons (Fsp3) is 0.875. The quantitative estimate of drug-likeness (QED) is 0.272. The molecule has 0 aromatic carbocycles. The number of ether oxygens (including phenoxy) is 2. The third kappa shape index (κ3) is 3.82. The van der Waals surface area contributed by atoms with Gasteiger partial charge in [0.05, 0.1) is 30.1 Å². The van der Waals surface area contributed by atoms with Gasteiger partial charge in [0.25, 0.3) is 10.1 Å². The second kappa shape index (κ2) is 8.20. The van der Waals surface area contributed by atoms with Crippen LogP contribution in [-0.4, -0.2) is 45.5 Å². The van der Waals surface area contributed by atoms with E-state index in [-0.39, 0.29) is 44.3 Å². The van der Waals surface area contributed by atoms with Crippen molar-refractivity contribution in [2.24, 2.45) is 40.9 Å². The Morgan fingerprint density at radius 2 is 1.62 bits per heavy atom. The molecule has 6 aliphatic rings. The predicted molar refractivity (Wildman–Crippen MR) is 116 cm³/mol. The Labute approximate surface area is 198 Å². The number of rotatable bonds is 8. The second-order valence-corrected chi connectivity index (χ2v) is 12.9. The van der Waals surface area contributed by atoms with E-state index >= 15 is 0 Å². The minimum absolute atomic E-state index is 0.0521. The lowest BCUT2D eigenvalue weighted by Gasteiger charge is -2.59. The highest BCUT2D eigenvalue weighted by Gasteiger charge is 2.72. The summed E-state index contributed by atoms with van der Waals surface area (Å²) in [5, 5.41) is 0.681. The summed E-state index contributed by atoms with van der Waals surface area (Å²) in [6.07, 6.45) is -0.127. The van der Waals surface area contributed by atoms with Crippen LogP contribution < -0.4 is 0 Å². The van der Waals surface area contributed by atoms with Crippen molar-refractivity contribution in [1.82, 2.24) is 0 Å². The van der Waals surface area contributed by atoms with Gasteiger partial charge in [-0.25, -0.2) is 0 Å². The molecular weight excluding hydrogens is 473 g/mol. The maximum absolute atomic E-state index is 14.5. The highest BCUT2D eigenvalue weighted by Crippen LogP contribution is 2.65. The van der Waals surface area contributed by atoms with E-state index in [0.717, 1.165) is 25.7 Å². The van der Waals surface area contributed by atoms with Crippen LogP contribution in [0.1, 0.15) is 58.3 Å². The Bertz CT molecular complexity index is 919. The zero-order chi connectivity index (χ0) is 24.5. The van der Waals surface area contributed by atoms with Crippen molar-refractivity contribution in [2.45, 2.75) is 76.2 Å². The summed E-state index contributed by atoms with van der Waals surface area (Å²) in [7, 11) is -3.82. The summed E-state index contributed by atoms with van der Waals surface area (Å²) < 4.78 is 82.0. The monoisotopic (exact) mass is 506 g/mol. The molecule has 0 N–H and O–H groups in total. The predicted octanol–water partition coefficient (Wildman–Crippen LogP) is 4.60. The molecular formula is C24H33F3O6S. The molecule has 0 spiro atoms. The highest BCUT2D eigenvalue weighted by atomic mass is 32.2. The lowest BCUT2D eigenvalue weighted by atomic mass is 9.46. The van der Waals surface area contributed by atoms with Gasteiger partial charge in [-0.2, -0.15) is 21.6 Å². The lowest BCUT2D eigenvalue weighted by molar-refractivity contribution is -0.297. The van der Waals surface area contributed by atoms with E-state index in [0.29, 0.717) is 17.2 Å². The maximum Gasteiger partial charge on any atom is 0.428 e. The number of hydrogen-bond donors (Lipinski definition) is 0. The van der Waals surface area contributed by atoms with E-state index in [1.54, 1.807) is 0 Å². The molecule has 0 aromatic heterocycles. The fourth-order valence-electron chi connectivity index (χ4n) is 8.14. The second-order valence-electron chi connectivity index (χ2n) is 11.4. The summed E-state index contributed by atoms with van der Waals surface area (Å²) in [6, 6.07) is 0. The first kappa shape index (κ1) is 24.6. The summed E-state index contributed by atoms with van der Waals surface area (Å²) in [6.45, 7) is 4.71. The zero-order valence-corrected chi connectivity index (χ0v) is 20.2. The SMILES string of the molecule is C=CS(=O)(=O)OCCOC1CC2CC1CC2(OC(=O)C1(C)C2CC3CC(C2)CC1C3)C(F)(F)F. The van der Waals surface area contributed by atoms with Gasteiger partial charge in [-0.3, -0.25) is 8.98 Å². The molecule has 6 bridgehead atoms. The molecule has 4 atom stereocenters. The van der Waals surface area contributed by atoms with E-state index in [9.17, 15) is 26.4 Å². The molecule has 0 aliphatic heterocycles. The van der Waals surface area contributed by atoms with Crippen LogP contribution in [0.15, 0.2) is 12.0 Å². The van der Waals surface area contributed by atoms with Crippen molar-refractivity contribution in [3.63, 3.8) is 0 Å². The number of alkyl halides is 3. The number of halogens is 3. The molecule has 6 fully saturated rings. The number of esters is 1. The molecule has 0 radical (unpaired) electrons. The van der Waals surface area contributed by atoms with Gasteiger partial charge in [0.15, 0.2) is 0 Å². The first-order chi connectivity index (χ1) is 15.9. The lowest BCUT2D eigenvalue weighted by Crippen LogP contribution is -2.60. The highest BCUT2D eigenvalue weighted by molar-refractivity contribution is 7.89. The van der Waals surface area contributed by atoms with E-state index in [1.165, 1.54) is 6.42 Å². The maximum atomic E-state index is 14.5. The Balaban J connectivity index is 1.26. The van der Waals surface area contributed by atoms with Gasteiger partial charge in [0.2, 0.25) is 5.60 Å². The van der Waals surface area contributed by atoms with Gasteiger partial charge in [0, 0.05) is 12.3 Å². The first-order valence-electron chi connectivity index (χ1n) is 12.3. The Kier molecular flexibility index (Phi) is 5.92. The number of carbonyl (C=O) groups is 1. The van der Waals surface area contributed by atoms with E-state index < -0.39 is 51.2 Å². The molecule has 0 saturated heterocycles. The summed E-state index contributed by atoms with van der Waals surface area (Å²) in [4.78, 5) is 13.5. The molecule has 6 aliphatic carbocycles. The van der Waals surface area contributed by atoms with Gasteiger partial charge in [-0.15, -0.1) is 0 Å². The molecule has 0 aromatic rings. The van der Waals surface area contributed by atoms with Gasteiger partial charge in [0.1, 0.15) is 0 Å². The Hall–Kier alpha value is -1.13. The van der Waals surface area contributed by atoms with Crippen LogP contribution in [0.2, 0.25) is 0 Å². The van der Waals surface area contributed by atoms with Crippen molar-refractivity contribution in [1.29, 1.82) is 0 Å². The topological polar surface area (TPSA) is 78.9 Å². The molecule has 6 saturated carbocycles. The summed E-state index contributed by atoms with van der Waals surface area (Å²) in [5.41, 5.74) is -3.30. The average molecular weight is 507 g/mol. The molecule has 34 heavy (non-hydrogen) atoms. The molecule has 0 heterocycles. The van der Waals surface area contributed by atoms with Gasteiger partial charge >= 0.3 is 12.1 Å². The molecule has 10 heteroatoms. The Morgan fingerprint density at radius 1 is 1.00 bits per heavy atom. The third-order valence-electron chi connectivity index (χ3n) is 9.75. The molecule has 192 valence electrons. The molecule has 0 amide bonds. The van der Waals surface area contributed by atoms with E-state index in [4.69, 9.17) is 9.47 Å². The van der Waals surface area contributed by atoms with Crippen molar-refractivity contribution < 1.29 is 40.0 Å². The third-order valence-corrected chi connectivity index (χ3v) is 10.7. The van der Waals surface area contributed by atoms with E-state index in [2.05, 4.69) is 10.8 Å². The average Bonchev–Trinajstić information content (AvgIpc) is 3.32. The van der Waals surface area contributed by atoms with Gasteiger partial charge < -0.3 is 9.47 Å². The van der Waals surface area contributed by atoms with Crippen LogP contribution in [0.4, 0.5) is 13.2 Å². The van der Waals surface area contributed by atoms with Crippen molar-refractivity contribution in [2.75, 3.05) is 13.2 Å². The number of carbonyl (C=O) groups excluding carboxylic acids is 1. The van der Waals surface area contributed by atoms with Gasteiger partial charge in [-0.1, -0.05) is 6.58 Å². The van der Waals surface area contributed by atoms with Crippen LogP contribution in [0, 0.1) is 40.9 Å². The van der Waals surface area contributed by atoms with Crippen LogP contribution in [0.25, 0.3) is 0 Å². The standard InChI is InChI=1S/C24H33F3O6S/c1-3-34(29,30)32-5-4-31-20-12-19-11-16(20)13-23(19,24(25,26)27)33-21(28)22(2)17-7-14-6-15(9-17)10-18(22)8-14/h3,14-20H,1,4-13H2,2H3. The first-order valence-corrected chi connectivity index (χ1v) is 13.8. The molecule has 4 unspecified atom stereocenters. The van der Waals surface area contributed by atoms with Crippen LogP contribution >= 0.6 is 0 Å². The number of hydrogen-bond acceptors (Lipinski definition) is 6. The van der Waals surface area contributed by atoms with Crippen LogP contribution in [-0.2, 0) is 28.6 Å². The zero-order valence-electron chi connectivity index (χ0n) is 19.4.